The molecule has 1 aromatic rings. The largest absolute Gasteiger partial charge is 0.443 e. The smallest absolute Gasteiger partial charge is 0.411 e. The van der Waals surface area contributed by atoms with Crippen LogP contribution in [0.1, 0.15) is 0 Å². The standard InChI is InChI=1S/C9H9F2NO2/c10-8(11)6-14-9(13)12-7-4-2-1-3-5-7/h1-5,8H,6H2,(H,12,13). The van der Waals surface area contributed by atoms with E-state index in [2.05, 4.69) is 10.1 Å². The van der Waals surface area contributed by atoms with Crippen LogP contribution in [0.25, 0.3) is 0 Å². The predicted molar refractivity (Wildman–Crippen MR) is 47.4 cm³/mol. The highest BCUT2D eigenvalue weighted by Gasteiger charge is 2.07. The van der Waals surface area contributed by atoms with Crippen LogP contribution in [0, 0.1) is 0 Å². The Kier molecular flexibility index (Phi) is 3.84. The molecular formula is C9H9F2NO2. The lowest BCUT2D eigenvalue weighted by Crippen LogP contribution is -2.17. The normalized spacial score (nSPS) is 9.93. The van der Waals surface area contributed by atoms with Gasteiger partial charge in [-0.2, -0.15) is 0 Å². The van der Waals surface area contributed by atoms with E-state index in [4.69, 9.17) is 0 Å². The van der Waals surface area contributed by atoms with Gasteiger partial charge in [0.2, 0.25) is 0 Å². The van der Waals surface area contributed by atoms with Crippen molar-refractivity contribution in [3.63, 3.8) is 0 Å². The van der Waals surface area contributed by atoms with Gasteiger partial charge in [0.05, 0.1) is 0 Å². The highest BCUT2D eigenvalue weighted by Crippen LogP contribution is 2.05. The maximum atomic E-state index is 11.6. The van der Waals surface area contributed by atoms with Gasteiger partial charge in [-0.05, 0) is 12.1 Å². The number of anilines is 1. The first kappa shape index (κ1) is 10.4. The molecule has 1 rings (SSSR count). The summed E-state index contributed by atoms with van der Waals surface area (Å²) in [4.78, 5) is 10.9. The van der Waals surface area contributed by atoms with Gasteiger partial charge in [-0.3, -0.25) is 5.32 Å². The number of nitrogens with one attached hydrogen (secondary N) is 1. The fourth-order valence-electron chi connectivity index (χ4n) is 0.814. The van der Waals surface area contributed by atoms with E-state index in [0.29, 0.717) is 5.69 Å². The zero-order valence-corrected chi connectivity index (χ0v) is 7.24. The zero-order chi connectivity index (χ0) is 10.4. The first-order valence-electron chi connectivity index (χ1n) is 3.95. The number of halogens is 2. The number of carbonyl (C=O) groups is 1. The monoisotopic (exact) mass is 201 g/mol. The Morgan fingerprint density at radius 1 is 1.36 bits per heavy atom. The van der Waals surface area contributed by atoms with Crippen LogP contribution in [0.15, 0.2) is 30.3 Å². The van der Waals surface area contributed by atoms with Gasteiger partial charge in [0.25, 0.3) is 6.43 Å². The first-order chi connectivity index (χ1) is 6.68. The molecule has 0 aliphatic rings. The molecule has 14 heavy (non-hydrogen) atoms. The van der Waals surface area contributed by atoms with Gasteiger partial charge in [-0.25, -0.2) is 13.6 Å². The van der Waals surface area contributed by atoms with Crippen LogP contribution in [0.5, 0.6) is 0 Å². The Hall–Kier alpha value is -1.65. The Morgan fingerprint density at radius 2 is 2.00 bits per heavy atom. The molecule has 5 heteroatoms. The van der Waals surface area contributed by atoms with Crippen molar-refractivity contribution in [3.8, 4) is 0 Å². The van der Waals surface area contributed by atoms with E-state index in [1.54, 1.807) is 30.3 Å². The van der Waals surface area contributed by atoms with Crippen molar-refractivity contribution in [1.29, 1.82) is 0 Å². The molecule has 0 heterocycles. The van der Waals surface area contributed by atoms with Crippen molar-refractivity contribution >= 4 is 11.8 Å². The Morgan fingerprint density at radius 3 is 2.57 bits per heavy atom. The second kappa shape index (κ2) is 5.16. The molecule has 0 radical (unpaired) electrons. The van der Waals surface area contributed by atoms with Crippen LogP contribution < -0.4 is 5.32 Å². The van der Waals surface area contributed by atoms with E-state index >= 15 is 0 Å². The second-order valence-electron chi connectivity index (χ2n) is 2.48. The lowest BCUT2D eigenvalue weighted by atomic mass is 10.3. The van der Waals surface area contributed by atoms with E-state index in [9.17, 15) is 13.6 Å². The number of benzene rings is 1. The number of hydrogen-bond donors (Lipinski definition) is 1. The van der Waals surface area contributed by atoms with E-state index in [1.165, 1.54) is 0 Å². The summed E-state index contributed by atoms with van der Waals surface area (Å²) in [6, 6.07) is 8.45. The zero-order valence-electron chi connectivity index (χ0n) is 7.24. The minimum Gasteiger partial charge on any atom is -0.443 e. The van der Waals surface area contributed by atoms with Crippen molar-refractivity contribution in [3.05, 3.63) is 30.3 Å². The van der Waals surface area contributed by atoms with Crippen molar-refractivity contribution in [2.75, 3.05) is 11.9 Å². The average Bonchev–Trinajstić information content (AvgIpc) is 2.16. The van der Waals surface area contributed by atoms with Gasteiger partial charge < -0.3 is 4.74 Å². The summed E-state index contributed by atoms with van der Waals surface area (Å²) >= 11 is 0. The third kappa shape index (κ3) is 3.84. The third-order valence-electron chi connectivity index (χ3n) is 1.36. The minimum atomic E-state index is -2.64. The fraction of sp³-hybridized carbons (Fsp3) is 0.222. The van der Waals surface area contributed by atoms with Gasteiger partial charge in [-0.1, -0.05) is 18.2 Å². The molecule has 0 aliphatic heterocycles. The lowest BCUT2D eigenvalue weighted by Gasteiger charge is -2.05. The van der Waals surface area contributed by atoms with E-state index < -0.39 is 19.1 Å². The molecule has 0 bridgehead atoms. The molecule has 0 saturated carbocycles. The molecule has 76 valence electrons. The van der Waals surface area contributed by atoms with Crippen LogP contribution >= 0.6 is 0 Å². The molecule has 1 N–H and O–H groups in total. The van der Waals surface area contributed by atoms with E-state index in [0.717, 1.165) is 0 Å². The second-order valence-corrected chi connectivity index (χ2v) is 2.48. The fourth-order valence-corrected chi connectivity index (χ4v) is 0.814. The topological polar surface area (TPSA) is 38.3 Å². The van der Waals surface area contributed by atoms with Crippen LogP contribution in [-0.4, -0.2) is 19.1 Å². The third-order valence-corrected chi connectivity index (χ3v) is 1.36. The summed E-state index contributed by atoms with van der Waals surface area (Å²) in [6.45, 7) is -0.890. The summed E-state index contributed by atoms with van der Waals surface area (Å²) < 4.78 is 27.5. The molecule has 0 saturated heterocycles. The molecule has 0 spiro atoms. The van der Waals surface area contributed by atoms with Gasteiger partial charge >= 0.3 is 6.09 Å². The van der Waals surface area contributed by atoms with Crippen molar-refractivity contribution < 1.29 is 18.3 Å². The SMILES string of the molecule is O=C(Nc1ccccc1)OCC(F)F. The molecule has 0 atom stereocenters. The van der Waals surface area contributed by atoms with Crippen molar-refractivity contribution in [1.82, 2.24) is 0 Å². The minimum absolute atomic E-state index is 0.506. The molecule has 1 aromatic carbocycles. The number of para-hydroxylation sites is 1. The van der Waals surface area contributed by atoms with Gasteiger partial charge in [0.1, 0.15) is 0 Å². The maximum Gasteiger partial charge on any atom is 0.411 e. The average molecular weight is 201 g/mol. The number of ether oxygens (including phenoxy) is 1. The summed E-state index contributed by atoms with van der Waals surface area (Å²) in [7, 11) is 0. The molecule has 0 aliphatic carbocycles. The predicted octanol–water partition coefficient (Wildman–Crippen LogP) is 2.50. The van der Waals surface area contributed by atoms with Crippen LogP contribution in [0.4, 0.5) is 19.3 Å². The highest BCUT2D eigenvalue weighted by atomic mass is 19.3. The Labute approximate surface area is 79.7 Å². The summed E-state index contributed by atoms with van der Waals surface area (Å²) in [6.07, 6.45) is -3.52. The maximum absolute atomic E-state index is 11.6. The molecular weight excluding hydrogens is 192 g/mol. The summed E-state index contributed by atoms with van der Waals surface area (Å²) in [5.41, 5.74) is 0.506. The first-order valence-corrected chi connectivity index (χ1v) is 3.95. The van der Waals surface area contributed by atoms with Gasteiger partial charge in [0.15, 0.2) is 6.61 Å². The van der Waals surface area contributed by atoms with E-state index in [1.807, 2.05) is 0 Å². The molecule has 0 fully saturated rings. The van der Waals surface area contributed by atoms with Crippen molar-refractivity contribution in [2.45, 2.75) is 6.43 Å². The number of amides is 1. The Bertz CT molecular complexity index is 290. The van der Waals surface area contributed by atoms with Crippen LogP contribution in [0.3, 0.4) is 0 Å². The lowest BCUT2D eigenvalue weighted by molar-refractivity contribution is 0.0548. The van der Waals surface area contributed by atoms with Crippen LogP contribution in [0.2, 0.25) is 0 Å². The molecule has 0 aromatic heterocycles. The van der Waals surface area contributed by atoms with Gasteiger partial charge in [0, 0.05) is 5.69 Å². The van der Waals surface area contributed by atoms with Crippen molar-refractivity contribution in [2.24, 2.45) is 0 Å². The van der Waals surface area contributed by atoms with E-state index in [-0.39, 0.29) is 0 Å². The highest BCUT2D eigenvalue weighted by molar-refractivity contribution is 5.84. The molecule has 0 unspecified atom stereocenters. The number of hydrogen-bond acceptors (Lipinski definition) is 2. The Balaban J connectivity index is 2.35. The summed E-state index contributed by atoms with van der Waals surface area (Å²) in [5, 5.41) is 2.30. The number of rotatable bonds is 3. The molecule has 3 nitrogen and oxygen atoms in total. The molecule has 1 amide bonds. The summed E-state index contributed by atoms with van der Waals surface area (Å²) in [5.74, 6) is 0. The van der Waals surface area contributed by atoms with Crippen LogP contribution in [-0.2, 0) is 4.74 Å². The number of alkyl halides is 2. The van der Waals surface area contributed by atoms with Gasteiger partial charge in [-0.15, -0.1) is 0 Å². The quantitative estimate of drug-likeness (QED) is 0.815. The number of carbonyl (C=O) groups excluding carboxylic acids is 1.